The minimum absolute atomic E-state index is 0.0170. The number of nitrogens with zero attached hydrogens (tertiary/aromatic N) is 3. The minimum atomic E-state index is -0.987. The molecule has 3 heterocycles. The number of carbonyl (C=O) groups excluding carboxylic acids is 1. The van der Waals surface area contributed by atoms with E-state index in [0.29, 0.717) is 18.5 Å². The number of aromatic nitrogens is 2. The molecule has 9 heteroatoms. The molecule has 1 saturated heterocycles. The highest BCUT2D eigenvalue weighted by molar-refractivity contribution is 5.93. The number of rotatable bonds is 8. The van der Waals surface area contributed by atoms with Crippen molar-refractivity contribution in [3.8, 4) is 5.75 Å². The number of fused-ring (bicyclic) bond motifs is 1. The van der Waals surface area contributed by atoms with Crippen LogP contribution < -0.4 is 15.6 Å². The Kier molecular flexibility index (Phi) is 7.97. The van der Waals surface area contributed by atoms with Gasteiger partial charge in [-0.1, -0.05) is 12.1 Å². The first-order valence-corrected chi connectivity index (χ1v) is 13.0. The number of piperidine rings is 1. The van der Waals surface area contributed by atoms with Gasteiger partial charge in [-0.3, -0.25) is 14.6 Å². The Morgan fingerprint density at radius 3 is 2.64 bits per heavy atom. The predicted octanol–water partition coefficient (Wildman–Crippen LogP) is 4.17. The number of hydrogen-bond donors (Lipinski definition) is 1. The maximum absolute atomic E-state index is 13.6. The molecule has 2 aromatic heterocycles. The van der Waals surface area contributed by atoms with Crippen LogP contribution in [0.2, 0.25) is 0 Å². The average Bonchev–Trinajstić information content (AvgIpc) is 2.93. The zero-order valence-electron chi connectivity index (χ0n) is 21.7. The molecule has 202 valence electrons. The maximum Gasteiger partial charge on any atom is 0.263 e. The molecule has 2 aromatic carbocycles. The second-order valence-electron chi connectivity index (χ2n) is 9.89. The van der Waals surface area contributed by atoms with Gasteiger partial charge in [-0.2, -0.15) is 0 Å². The van der Waals surface area contributed by atoms with Crippen LogP contribution in [0.1, 0.15) is 34.3 Å². The lowest BCUT2D eigenvalue weighted by molar-refractivity contribution is 0.0952. The largest absolute Gasteiger partial charge is 0.490 e. The summed E-state index contributed by atoms with van der Waals surface area (Å²) in [7, 11) is 2.12. The number of hydrogen-bond acceptors (Lipinski definition) is 5. The van der Waals surface area contributed by atoms with Gasteiger partial charge >= 0.3 is 0 Å². The Morgan fingerprint density at radius 2 is 1.85 bits per heavy atom. The van der Waals surface area contributed by atoms with E-state index in [1.807, 2.05) is 24.3 Å². The van der Waals surface area contributed by atoms with Gasteiger partial charge in [0.25, 0.3) is 11.5 Å². The second-order valence-corrected chi connectivity index (χ2v) is 9.89. The highest BCUT2D eigenvalue weighted by Crippen LogP contribution is 2.28. The quantitative estimate of drug-likeness (QED) is 0.369. The van der Waals surface area contributed by atoms with E-state index in [9.17, 15) is 18.4 Å². The number of carbonyl (C=O) groups is 1. The van der Waals surface area contributed by atoms with E-state index in [2.05, 4.69) is 22.2 Å². The Labute approximate surface area is 225 Å². The summed E-state index contributed by atoms with van der Waals surface area (Å²) in [5.41, 5.74) is 1.74. The number of likely N-dealkylation sites (tertiary alicyclic amines) is 1. The Morgan fingerprint density at radius 1 is 1.05 bits per heavy atom. The number of nitrogens with one attached hydrogen (secondary N) is 1. The van der Waals surface area contributed by atoms with Crippen molar-refractivity contribution in [2.75, 3.05) is 26.7 Å². The minimum Gasteiger partial charge on any atom is -0.490 e. The molecule has 0 aliphatic carbocycles. The molecular formula is C30H30F2N4O3. The molecule has 39 heavy (non-hydrogen) atoms. The Bertz CT molecular complexity index is 1550. The molecule has 1 aliphatic heterocycles. The number of pyridine rings is 2. The highest BCUT2D eigenvalue weighted by Gasteiger charge is 2.19. The molecule has 1 fully saturated rings. The van der Waals surface area contributed by atoms with E-state index in [1.54, 1.807) is 12.3 Å². The molecule has 4 aromatic rings. The van der Waals surface area contributed by atoms with E-state index >= 15 is 0 Å². The molecule has 0 spiro atoms. The first-order chi connectivity index (χ1) is 18.9. The third-order valence-electron chi connectivity index (χ3n) is 7.03. The van der Waals surface area contributed by atoms with Gasteiger partial charge in [0.05, 0.1) is 12.1 Å². The molecular weight excluding hydrogens is 502 g/mol. The van der Waals surface area contributed by atoms with Crippen LogP contribution in [0.4, 0.5) is 8.78 Å². The summed E-state index contributed by atoms with van der Waals surface area (Å²) in [5.74, 6) is -1.62. The van der Waals surface area contributed by atoms with Gasteiger partial charge in [0.2, 0.25) is 0 Å². The molecule has 7 nitrogen and oxygen atoms in total. The normalized spacial score (nSPS) is 14.4. The molecule has 5 rings (SSSR count). The van der Waals surface area contributed by atoms with Gasteiger partial charge in [-0.25, -0.2) is 8.78 Å². The first kappa shape index (κ1) is 26.5. The fourth-order valence-electron chi connectivity index (χ4n) is 4.79. The van der Waals surface area contributed by atoms with Crippen LogP contribution in [0.3, 0.4) is 0 Å². The van der Waals surface area contributed by atoms with Crippen molar-refractivity contribution in [3.05, 3.63) is 106 Å². The molecule has 1 aliphatic rings. The molecule has 0 radical (unpaired) electrons. The van der Waals surface area contributed by atoms with Crippen LogP contribution >= 0.6 is 0 Å². The standard InChI is InChI=1S/C30H30F2N4O3/c1-35-15-10-22(11-16-35)39-28-9-13-33-27-7-5-20(17-24(27)28)8-12-34-29(37)23-3-2-14-36(30(23)38)19-21-4-6-25(31)26(32)18-21/h2-7,9,13-14,17-18,22H,8,10-12,15-16,19H2,1H3,(H,34,37). The highest BCUT2D eigenvalue weighted by atomic mass is 19.2. The average molecular weight is 533 g/mol. The summed E-state index contributed by atoms with van der Waals surface area (Å²) in [6, 6.07) is 14.3. The molecule has 0 bridgehead atoms. The van der Waals surface area contributed by atoms with Gasteiger partial charge < -0.3 is 19.5 Å². The summed E-state index contributed by atoms with van der Waals surface area (Å²) >= 11 is 0. The summed E-state index contributed by atoms with van der Waals surface area (Å²) in [6.07, 6.45) is 5.95. The van der Waals surface area contributed by atoms with E-state index in [1.165, 1.54) is 22.9 Å². The van der Waals surface area contributed by atoms with Crippen molar-refractivity contribution < 1.29 is 18.3 Å². The summed E-state index contributed by atoms with van der Waals surface area (Å²) in [5, 5.41) is 3.75. The van der Waals surface area contributed by atoms with Crippen LogP contribution in [0.5, 0.6) is 5.75 Å². The van der Waals surface area contributed by atoms with Crippen molar-refractivity contribution >= 4 is 16.8 Å². The van der Waals surface area contributed by atoms with E-state index in [-0.39, 0.29) is 18.2 Å². The number of halogens is 2. The van der Waals surface area contributed by atoms with E-state index < -0.39 is 23.1 Å². The number of ether oxygens (including phenoxy) is 1. The molecule has 0 atom stereocenters. The third-order valence-corrected chi connectivity index (χ3v) is 7.03. The predicted molar refractivity (Wildman–Crippen MR) is 145 cm³/mol. The zero-order valence-corrected chi connectivity index (χ0v) is 21.7. The van der Waals surface area contributed by atoms with Gasteiger partial charge in [0.15, 0.2) is 11.6 Å². The van der Waals surface area contributed by atoms with Gasteiger partial charge in [-0.05, 0) is 79.9 Å². The van der Waals surface area contributed by atoms with E-state index in [4.69, 9.17) is 4.74 Å². The monoisotopic (exact) mass is 532 g/mol. The Balaban J connectivity index is 1.23. The first-order valence-electron chi connectivity index (χ1n) is 13.0. The summed E-state index contributed by atoms with van der Waals surface area (Å²) in [6.45, 7) is 2.36. The summed E-state index contributed by atoms with van der Waals surface area (Å²) in [4.78, 5) is 32.4. The van der Waals surface area contributed by atoms with Gasteiger partial charge in [0.1, 0.15) is 17.4 Å². The fourth-order valence-corrected chi connectivity index (χ4v) is 4.79. The maximum atomic E-state index is 13.6. The lowest BCUT2D eigenvalue weighted by Gasteiger charge is -2.29. The van der Waals surface area contributed by atoms with Crippen molar-refractivity contribution in [2.24, 2.45) is 0 Å². The van der Waals surface area contributed by atoms with E-state index in [0.717, 1.165) is 60.3 Å². The van der Waals surface area contributed by atoms with Crippen molar-refractivity contribution in [1.29, 1.82) is 0 Å². The SMILES string of the molecule is CN1CCC(Oc2ccnc3ccc(CCNC(=O)c4cccn(Cc5ccc(F)c(F)c5)c4=O)cc23)CC1. The van der Waals surface area contributed by atoms with Crippen molar-refractivity contribution in [1.82, 2.24) is 19.8 Å². The Hall–Kier alpha value is -4.11. The fraction of sp³-hybridized carbons (Fsp3) is 0.300. The van der Waals surface area contributed by atoms with Crippen LogP contribution in [-0.4, -0.2) is 53.1 Å². The second kappa shape index (κ2) is 11.7. The number of benzene rings is 2. The smallest absolute Gasteiger partial charge is 0.263 e. The van der Waals surface area contributed by atoms with Crippen molar-refractivity contribution in [3.63, 3.8) is 0 Å². The van der Waals surface area contributed by atoms with Crippen LogP contribution in [0, 0.1) is 11.6 Å². The molecule has 0 saturated carbocycles. The summed E-state index contributed by atoms with van der Waals surface area (Å²) < 4.78 is 34.4. The molecule has 1 amide bonds. The van der Waals surface area contributed by atoms with Crippen LogP contribution in [-0.2, 0) is 13.0 Å². The van der Waals surface area contributed by atoms with Gasteiger partial charge in [0, 0.05) is 37.4 Å². The van der Waals surface area contributed by atoms with Crippen molar-refractivity contribution in [2.45, 2.75) is 31.9 Å². The molecule has 0 unspecified atom stereocenters. The third kappa shape index (κ3) is 6.31. The lowest BCUT2D eigenvalue weighted by atomic mass is 10.1. The van der Waals surface area contributed by atoms with Crippen LogP contribution in [0.25, 0.3) is 10.9 Å². The van der Waals surface area contributed by atoms with Gasteiger partial charge in [-0.15, -0.1) is 0 Å². The number of amides is 1. The molecule has 1 N–H and O–H groups in total. The lowest BCUT2D eigenvalue weighted by Crippen LogP contribution is -2.35. The zero-order chi connectivity index (χ0) is 27.4. The topological polar surface area (TPSA) is 76.5 Å². The van der Waals surface area contributed by atoms with Crippen LogP contribution in [0.15, 0.2) is 71.8 Å².